The Morgan fingerprint density at radius 2 is 1.66 bits per heavy atom. The normalized spacial score (nSPS) is 19.2. The molecule has 0 saturated carbocycles. The maximum absolute atomic E-state index is 13.7. The van der Waals surface area contributed by atoms with Crippen molar-refractivity contribution in [2.24, 2.45) is 0 Å². The number of aromatic nitrogens is 3. The highest BCUT2D eigenvalue weighted by atomic mass is 16.5. The van der Waals surface area contributed by atoms with E-state index in [1.54, 1.807) is 26.0 Å². The number of Topliss-reactive ketones (excluding diaryl/α,β-unsaturated/α-hetero) is 1. The third-order valence-corrected chi connectivity index (χ3v) is 6.94. The molecule has 0 fully saturated rings. The maximum atomic E-state index is 13.7. The first-order valence-electron chi connectivity index (χ1n) is 11.8. The monoisotopic (exact) mass is 474 g/mol. The highest BCUT2D eigenvalue weighted by Gasteiger charge is 2.39. The molecule has 1 N–H and O–H groups in total. The van der Waals surface area contributed by atoms with Crippen LogP contribution in [0, 0.1) is 0 Å². The van der Waals surface area contributed by atoms with Crippen LogP contribution in [0.4, 0.5) is 5.95 Å². The van der Waals surface area contributed by atoms with Gasteiger partial charge < -0.3 is 19.5 Å². The Balaban J connectivity index is 1.55. The number of carbonyl (C=O) groups is 1. The van der Waals surface area contributed by atoms with Crippen molar-refractivity contribution in [1.29, 1.82) is 0 Å². The molecule has 8 nitrogen and oxygen atoms in total. The van der Waals surface area contributed by atoms with Gasteiger partial charge in [0.25, 0.3) is 0 Å². The SMILES string of the molecule is COc1cc([C@@H]2CC(=O)C3=C(C2)Nc2ncnn2[C@@H]3c2ccc(C(C)C)cc2)cc(OC)c1OC. The molecule has 0 radical (unpaired) electrons. The lowest BCUT2D eigenvalue weighted by Gasteiger charge is -2.35. The molecule has 182 valence electrons. The van der Waals surface area contributed by atoms with E-state index in [9.17, 15) is 4.79 Å². The predicted octanol–water partition coefficient (Wildman–Crippen LogP) is 4.84. The number of rotatable bonds is 6. The number of anilines is 1. The van der Waals surface area contributed by atoms with E-state index in [1.165, 1.54) is 11.9 Å². The van der Waals surface area contributed by atoms with Crippen LogP contribution in [0.15, 0.2) is 54.0 Å². The average molecular weight is 475 g/mol. The second-order valence-electron chi connectivity index (χ2n) is 9.26. The molecule has 0 saturated heterocycles. The summed E-state index contributed by atoms with van der Waals surface area (Å²) in [6.45, 7) is 4.34. The Bertz CT molecular complexity index is 1270. The Kier molecular flexibility index (Phi) is 5.96. The van der Waals surface area contributed by atoms with Crippen molar-refractivity contribution in [2.45, 2.75) is 44.6 Å². The van der Waals surface area contributed by atoms with E-state index in [4.69, 9.17) is 14.2 Å². The molecule has 0 bridgehead atoms. The number of ketones is 1. The third-order valence-electron chi connectivity index (χ3n) is 6.94. The topological polar surface area (TPSA) is 87.5 Å². The molecule has 2 aliphatic rings. The number of nitrogens with one attached hydrogen (secondary N) is 1. The first-order valence-corrected chi connectivity index (χ1v) is 11.8. The van der Waals surface area contributed by atoms with Gasteiger partial charge in [0.15, 0.2) is 17.3 Å². The Morgan fingerprint density at radius 1 is 0.971 bits per heavy atom. The summed E-state index contributed by atoms with van der Waals surface area (Å²) in [4.78, 5) is 18.1. The molecule has 5 rings (SSSR count). The standard InChI is InChI=1S/C27H30N4O4/c1-15(2)16-6-8-17(9-7-16)25-24-20(30-27-28-14-29-31(25)27)10-18(11-21(24)32)19-12-22(33-3)26(35-5)23(13-19)34-4/h6-9,12-15,18,25H,10-11H2,1-5H3,(H,28,29,30)/t18-,25+/m0/s1. The van der Waals surface area contributed by atoms with Crippen molar-refractivity contribution in [3.05, 3.63) is 70.7 Å². The highest BCUT2D eigenvalue weighted by molar-refractivity contribution is 6.00. The number of hydrogen-bond acceptors (Lipinski definition) is 7. The second-order valence-corrected chi connectivity index (χ2v) is 9.26. The zero-order valence-corrected chi connectivity index (χ0v) is 20.7. The van der Waals surface area contributed by atoms with E-state index in [-0.39, 0.29) is 17.7 Å². The summed E-state index contributed by atoms with van der Waals surface area (Å²) in [5.74, 6) is 2.82. The third kappa shape index (κ3) is 3.92. The average Bonchev–Trinajstić information content (AvgIpc) is 3.34. The number of hydrogen-bond donors (Lipinski definition) is 1. The summed E-state index contributed by atoms with van der Waals surface area (Å²) < 4.78 is 18.4. The van der Waals surface area contributed by atoms with Crippen molar-refractivity contribution in [2.75, 3.05) is 26.6 Å². The number of methoxy groups -OCH3 is 3. The minimum atomic E-state index is -0.307. The molecule has 1 aromatic heterocycles. The largest absolute Gasteiger partial charge is 0.493 e. The van der Waals surface area contributed by atoms with Gasteiger partial charge in [0, 0.05) is 17.7 Å². The number of carbonyl (C=O) groups excluding carboxylic acids is 1. The molecular weight excluding hydrogens is 444 g/mol. The minimum absolute atomic E-state index is 0.0408. The van der Waals surface area contributed by atoms with E-state index in [2.05, 4.69) is 53.5 Å². The van der Waals surface area contributed by atoms with E-state index in [1.807, 2.05) is 12.1 Å². The molecule has 0 spiro atoms. The van der Waals surface area contributed by atoms with Crippen molar-refractivity contribution in [3.63, 3.8) is 0 Å². The molecule has 2 atom stereocenters. The summed E-state index contributed by atoms with van der Waals surface area (Å²) >= 11 is 0. The van der Waals surface area contributed by atoms with E-state index < -0.39 is 0 Å². The fourth-order valence-corrected chi connectivity index (χ4v) is 5.10. The van der Waals surface area contributed by atoms with Crippen molar-refractivity contribution >= 4 is 11.7 Å². The van der Waals surface area contributed by atoms with Crippen LogP contribution in [0.1, 0.15) is 61.3 Å². The first-order chi connectivity index (χ1) is 16.9. The number of ether oxygens (including phenoxy) is 3. The molecule has 8 heteroatoms. The lowest BCUT2D eigenvalue weighted by atomic mass is 9.77. The number of allylic oxidation sites excluding steroid dienone is 2. The fraction of sp³-hybridized carbons (Fsp3) is 0.370. The van der Waals surface area contributed by atoms with Gasteiger partial charge in [-0.25, -0.2) is 4.68 Å². The molecule has 35 heavy (non-hydrogen) atoms. The van der Waals surface area contributed by atoms with Gasteiger partial charge in [0.1, 0.15) is 12.4 Å². The lowest BCUT2D eigenvalue weighted by Crippen LogP contribution is -2.33. The Labute approximate surface area is 204 Å². The molecule has 1 aliphatic heterocycles. The zero-order chi connectivity index (χ0) is 24.7. The van der Waals surface area contributed by atoms with Gasteiger partial charge in [-0.2, -0.15) is 10.1 Å². The van der Waals surface area contributed by atoms with Gasteiger partial charge in [-0.05, 0) is 47.1 Å². The molecule has 0 amide bonds. The van der Waals surface area contributed by atoms with Gasteiger partial charge in [-0.1, -0.05) is 38.1 Å². The molecule has 3 aromatic rings. The fourth-order valence-electron chi connectivity index (χ4n) is 5.10. The number of nitrogens with zero attached hydrogens (tertiary/aromatic N) is 3. The van der Waals surface area contributed by atoms with Crippen molar-refractivity contribution in [1.82, 2.24) is 14.8 Å². The van der Waals surface area contributed by atoms with Gasteiger partial charge in [-0.3, -0.25) is 4.79 Å². The van der Waals surface area contributed by atoms with Gasteiger partial charge in [-0.15, -0.1) is 0 Å². The van der Waals surface area contributed by atoms with E-state index in [0.717, 1.165) is 22.4 Å². The van der Waals surface area contributed by atoms with Gasteiger partial charge in [0.05, 0.1) is 21.3 Å². The summed E-state index contributed by atoms with van der Waals surface area (Å²) in [7, 11) is 4.77. The maximum Gasteiger partial charge on any atom is 0.226 e. The Morgan fingerprint density at radius 3 is 2.26 bits per heavy atom. The molecule has 2 aromatic carbocycles. The lowest BCUT2D eigenvalue weighted by molar-refractivity contribution is -0.116. The zero-order valence-electron chi connectivity index (χ0n) is 20.7. The van der Waals surface area contributed by atoms with Crippen LogP contribution >= 0.6 is 0 Å². The van der Waals surface area contributed by atoms with Crippen molar-refractivity contribution < 1.29 is 19.0 Å². The van der Waals surface area contributed by atoms with Gasteiger partial charge >= 0.3 is 0 Å². The summed E-state index contributed by atoms with van der Waals surface area (Å²) in [6, 6.07) is 12.0. The van der Waals surface area contributed by atoms with Crippen molar-refractivity contribution in [3.8, 4) is 17.2 Å². The highest BCUT2D eigenvalue weighted by Crippen LogP contribution is 2.47. The molecular formula is C27H30N4O4. The van der Waals surface area contributed by atoms with E-state index >= 15 is 0 Å². The van der Waals surface area contributed by atoms with Crippen LogP contribution in [0.3, 0.4) is 0 Å². The van der Waals surface area contributed by atoms with Crippen LogP contribution in [0.25, 0.3) is 0 Å². The molecule has 0 unspecified atom stereocenters. The second kappa shape index (κ2) is 9.09. The van der Waals surface area contributed by atoms with Crippen LogP contribution < -0.4 is 19.5 Å². The van der Waals surface area contributed by atoms with E-state index in [0.29, 0.717) is 42.0 Å². The van der Waals surface area contributed by atoms with Crippen LogP contribution in [-0.2, 0) is 4.79 Å². The van der Waals surface area contributed by atoms with Crippen LogP contribution in [-0.4, -0.2) is 41.9 Å². The predicted molar refractivity (Wildman–Crippen MR) is 132 cm³/mol. The summed E-state index contributed by atoms with van der Waals surface area (Å²) in [6.07, 6.45) is 2.56. The van der Waals surface area contributed by atoms with Gasteiger partial charge in [0.2, 0.25) is 11.7 Å². The minimum Gasteiger partial charge on any atom is -0.493 e. The molecule has 1 aliphatic carbocycles. The Hall–Kier alpha value is -3.81. The van der Waals surface area contributed by atoms with Crippen LogP contribution in [0.2, 0.25) is 0 Å². The smallest absolute Gasteiger partial charge is 0.226 e. The summed E-state index contributed by atoms with van der Waals surface area (Å²) in [5.41, 5.74) is 4.89. The van der Waals surface area contributed by atoms with Crippen LogP contribution in [0.5, 0.6) is 17.2 Å². The first kappa shape index (κ1) is 23.0. The number of benzene rings is 2. The quantitative estimate of drug-likeness (QED) is 0.547. The number of fused-ring (bicyclic) bond motifs is 1. The molecule has 2 heterocycles. The summed E-state index contributed by atoms with van der Waals surface area (Å²) in [5, 5.41) is 7.83.